The number of quaternary nitrogens is 1. The van der Waals surface area contributed by atoms with E-state index in [0.29, 0.717) is 11.0 Å². The van der Waals surface area contributed by atoms with Crippen molar-refractivity contribution in [3.05, 3.63) is 5.82 Å². The molecule has 0 spiro atoms. The highest BCUT2D eigenvalue weighted by atomic mass is 32.2. The van der Waals surface area contributed by atoms with Gasteiger partial charge in [0.2, 0.25) is 0 Å². The number of rotatable bonds is 9. The molecule has 0 aliphatic rings. The molecule has 8 nitrogen and oxygen atoms in total. The van der Waals surface area contributed by atoms with Crippen LogP contribution in [0, 0.1) is 0 Å². The molecule has 29 heavy (non-hydrogen) atoms. The zero-order valence-electron chi connectivity index (χ0n) is 19.7. The summed E-state index contributed by atoms with van der Waals surface area (Å²) in [5.74, 6) is -0.577. The maximum atomic E-state index is 12.1. The average molecular weight is 431 g/mol. The number of nitrogens with zero attached hydrogens (tertiary/aromatic N) is 5. The smallest absolute Gasteiger partial charge is 0.346 e. The third-order valence-electron chi connectivity index (χ3n) is 5.64. The standard InChI is InChI=1S/C12H20N4O3S.C8H20N/c1-6-12(2,3)9-13-10(20-7-8(17)18)16(14-9)11(19)15(4)5;1-5-9(6-2,7-3)8-4/h6-7H2,1-5H3,(H,17,18);5-8H2,1-4H3/q;+1. The van der Waals surface area contributed by atoms with Crippen molar-refractivity contribution in [3.8, 4) is 0 Å². The van der Waals surface area contributed by atoms with E-state index in [4.69, 9.17) is 5.11 Å². The van der Waals surface area contributed by atoms with Crippen molar-refractivity contribution in [2.24, 2.45) is 0 Å². The van der Waals surface area contributed by atoms with Crippen molar-refractivity contribution in [2.75, 3.05) is 46.0 Å². The van der Waals surface area contributed by atoms with Crippen LogP contribution in [0.2, 0.25) is 0 Å². The van der Waals surface area contributed by atoms with E-state index < -0.39 is 5.97 Å². The molecular formula is C20H40N5O3S+. The van der Waals surface area contributed by atoms with Gasteiger partial charge in [-0.1, -0.05) is 32.5 Å². The van der Waals surface area contributed by atoms with E-state index in [2.05, 4.69) is 37.8 Å². The quantitative estimate of drug-likeness (QED) is 0.476. The lowest BCUT2D eigenvalue weighted by atomic mass is 9.90. The summed E-state index contributed by atoms with van der Waals surface area (Å²) in [4.78, 5) is 28.4. The number of thioether (sulfide) groups is 1. The van der Waals surface area contributed by atoms with Crippen LogP contribution in [0.1, 0.15) is 60.7 Å². The van der Waals surface area contributed by atoms with Crippen LogP contribution in [0.25, 0.3) is 0 Å². The van der Waals surface area contributed by atoms with Crippen molar-refractivity contribution >= 4 is 23.8 Å². The number of carbonyl (C=O) groups is 2. The molecule has 1 heterocycles. The molecule has 0 aromatic carbocycles. The van der Waals surface area contributed by atoms with Crippen molar-refractivity contribution in [2.45, 2.75) is 65.5 Å². The largest absolute Gasteiger partial charge is 0.481 e. The minimum atomic E-state index is -0.960. The maximum absolute atomic E-state index is 12.1. The van der Waals surface area contributed by atoms with Gasteiger partial charge in [0.25, 0.3) is 0 Å². The fraction of sp³-hybridized carbons (Fsp3) is 0.800. The summed E-state index contributed by atoms with van der Waals surface area (Å²) in [6.07, 6.45) is 0.816. The topological polar surface area (TPSA) is 88.3 Å². The van der Waals surface area contributed by atoms with E-state index in [1.807, 2.05) is 20.8 Å². The number of carboxylic acids is 1. The molecule has 0 saturated carbocycles. The molecule has 168 valence electrons. The van der Waals surface area contributed by atoms with Gasteiger partial charge in [0, 0.05) is 19.5 Å². The SMILES string of the molecule is CCC(C)(C)c1nc(SCC(=O)O)n(C(=O)N(C)C)n1.CC[N+](CC)(CC)CC. The molecule has 9 heteroatoms. The van der Waals surface area contributed by atoms with Crippen LogP contribution >= 0.6 is 11.8 Å². The number of hydrogen-bond acceptors (Lipinski definition) is 5. The predicted molar refractivity (Wildman–Crippen MR) is 119 cm³/mol. The van der Waals surface area contributed by atoms with E-state index in [0.717, 1.165) is 18.2 Å². The van der Waals surface area contributed by atoms with Gasteiger partial charge in [-0.2, -0.15) is 4.68 Å². The molecule has 0 fully saturated rings. The molecule has 1 N–H and O–H groups in total. The Kier molecular flexibility index (Phi) is 11.5. The Bertz CT molecular complexity index is 637. The molecule has 1 rings (SSSR count). The molecule has 1 amide bonds. The van der Waals surface area contributed by atoms with Gasteiger partial charge in [0.05, 0.1) is 31.9 Å². The van der Waals surface area contributed by atoms with Gasteiger partial charge in [-0.15, -0.1) is 5.10 Å². The Morgan fingerprint density at radius 2 is 1.55 bits per heavy atom. The second kappa shape index (κ2) is 12.2. The van der Waals surface area contributed by atoms with Gasteiger partial charge < -0.3 is 14.5 Å². The minimum absolute atomic E-state index is 0.161. The molecule has 0 unspecified atom stereocenters. The van der Waals surface area contributed by atoms with E-state index in [1.54, 1.807) is 14.1 Å². The lowest BCUT2D eigenvalue weighted by Gasteiger charge is -2.34. The Morgan fingerprint density at radius 1 is 1.07 bits per heavy atom. The van der Waals surface area contributed by atoms with Crippen molar-refractivity contribution in [3.63, 3.8) is 0 Å². The zero-order chi connectivity index (χ0) is 22.8. The molecule has 0 radical (unpaired) electrons. The number of aliphatic carboxylic acids is 1. The number of amides is 1. The fourth-order valence-electron chi connectivity index (χ4n) is 2.62. The van der Waals surface area contributed by atoms with Crippen LogP contribution < -0.4 is 0 Å². The van der Waals surface area contributed by atoms with Crippen molar-refractivity contribution in [1.29, 1.82) is 0 Å². The summed E-state index contributed by atoms with van der Waals surface area (Å²) in [7, 11) is 3.22. The Labute approximate surface area is 180 Å². The lowest BCUT2D eigenvalue weighted by Crippen LogP contribution is -2.47. The number of carbonyl (C=O) groups excluding carboxylic acids is 1. The Hall–Kier alpha value is -1.61. The van der Waals surface area contributed by atoms with E-state index in [-0.39, 0.29) is 17.2 Å². The first-order chi connectivity index (χ1) is 13.4. The first kappa shape index (κ1) is 27.4. The second-order valence-electron chi connectivity index (χ2n) is 7.83. The van der Waals surface area contributed by atoms with Crippen LogP contribution in [0.3, 0.4) is 0 Å². The van der Waals surface area contributed by atoms with Gasteiger partial charge in [0.1, 0.15) is 0 Å². The van der Waals surface area contributed by atoms with Crippen LogP contribution in [0.4, 0.5) is 4.79 Å². The Balaban J connectivity index is 0.000000734. The zero-order valence-corrected chi connectivity index (χ0v) is 20.5. The lowest BCUT2D eigenvalue weighted by molar-refractivity contribution is -0.921. The van der Waals surface area contributed by atoms with Crippen molar-refractivity contribution in [1.82, 2.24) is 19.7 Å². The molecule has 0 aliphatic carbocycles. The highest BCUT2D eigenvalue weighted by Gasteiger charge is 2.27. The molecule has 0 atom stereocenters. The third-order valence-corrected chi connectivity index (χ3v) is 6.55. The first-order valence-corrected chi connectivity index (χ1v) is 11.3. The summed E-state index contributed by atoms with van der Waals surface area (Å²) >= 11 is 0.991. The van der Waals surface area contributed by atoms with E-state index in [1.165, 1.54) is 40.2 Å². The molecule has 0 saturated heterocycles. The predicted octanol–water partition coefficient (Wildman–Crippen LogP) is 3.55. The summed E-state index contributed by atoms with van der Waals surface area (Å²) in [5, 5.41) is 13.3. The molecule has 0 aliphatic heterocycles. The molecule has 1 aromatic rings. The number of aromatic nitrogens is 3. The normalized spacial score (nSPS) is 11.6. The van der Waals surface area contributed by atoms with Gasteiger partial charge in [-0.05, 0) is 34.1 Å². The molecule has 0 bridgehead atoms. The summed E-state index contributed by atoms with van der Waals surface area (Å²) in [5.41, 5.74) is -0.267. The van der Waals surface area contributed by atoms with Gasteiger partial charge in [-0.25, -0.2) is 9.78 Å². The highest BCUT2D eigenvalue weighted by molar-refractivity contribution is 7.99. The van der Waals surface area contributed by atoms with Gasteiger partial charge in [0.15, 0.2) is 11.0 Å². The van der Waals surface area contributed by atoms with Gasteiger partial charge >= 0.3 is 12.0 Å². The summed E-state index contributed by atoms with van der Waals surface area (Å²) in [6.45, 7) is 20.2. The summed E-state index contributed by atoms with van der Waals surface area (Å²) in [6, 6.07) is -0.344. The monoisotopic (exact) mass is 430 g/mol. The van der Waals surface area contributed by atoms with Crippen molar-refractivity contribution < 1.29 is 19.2 Å². The van der Waals surface area contributed by atoms with Crippen LogP contribution in [-0.4, -0.2) is 87.3 Å². The molecule has 1 aromatic heterocycles. The molecular weight excluding hydrogens is 390 g/mol. The third kappa shape index (κ3) is 7.97. The minimum Gasteiger partial charge on any atom is -0.481 e. The number of hydrogen-bond donors (Lipinski definition) is 1. The average Bonchev–Trinajstić information content (AvgIpc) is 3.13. The van der Waals surface area contributed by atoms with Crippen LogP contribution in [0.5, 0.6) is 0 Å². The number of carboxylic acid groups (broad SMARTS) is 1. The van der Waals surface area contributed by atoms with Gasteiger partial charge in [-0.3, -0.25) is 4.79 Å². The fourth-order valence-corrected chi connectivity index (χ4v) is 3.26. The Morgan fingerprint density at radius 3 is 1.86 bits per heavy atom. The van der Waals surface area contributed by atoms with Crippen LogP contribution in [0.15, 0.2) is 5.16 Å². The van der Waals surface area contributed by atoms with E-state index in [9.17, 15) is 9.59 Å². The highest BCUT2D eigenvalue weighted by Crippen LogP contribution is 2.26. The first-order valence-electron chi connectivity index (χ1n) is 10.3. The van der Waals surface area contributed by atoms with E-state index >= 15 is 0 Å². The second-order valence-corrected chi connectivity index (χ2v) is 8.78. The van der Waals surface area contributed by atoms with Crippen LogP contribution in [-0.2, 0) is 10.2 Å². The maximum Gasteiger partial charge on any atom is 0.346 e. The summed E-state index contributed by atoms with van der Waals surface area (Å²) < 4.78 is 2.44.